The number of nitrogens with two attached hydrogens (primary N) is 1. The van der Waals surface area contributed by atoms with Crippen molar-refractivity contribution in [2.45, 2.75) is 19.8 Å². The third-order valence-corrected chi connectivity index (χ3v) is 3.24. The molecule has 0 spiro atoms. The molecule has 2 N–H and O–H groups in total. The van der Waals surface area contributed by atoms with E-state index < -0.39 is 0 Å². The summed E-state index contributed by atoms with van der Waals surface area (Å²) in [5.41, 5.74) is 6.74. The molecule has 0 saturated carbocycles. The van der Waals surface area contributed by atoms with Gasteiger partial charge in [-0.3, -0.25) is 4.79 Å². The number of carbonyl (C=O) groups is 1. The van der Waals surface area contributed by atoms with Gasteiger partial charge in [0.2, 0.25) is 0 Å². The Morgan fingerprint density at radius 1 is 1.56 bits per heavy atom. The molecule has 1 aromatic heterocycles. The molecule has 18 heavy (non-hydrogen) atoms. The number of esters is 1. The van der Waals surface area contributed by atoms with Gasteiger partial charge in [0.25, 0.3) is 0 Å². The number of anilines is 2. The van der Waals surface area contributed by atoms with Gasteiger partial charge in [-0.05, 0) is 25.8 Å². The van der Waals surface area contributed by atoms with Crippen molar-refractivity contribution in [3.8, 4) is 0 Å². The van der Waals surface area contributed by atoms with Crippen LogP contribution in [0.3, 0.4) is 0 Å². The van der Waals surface area contributed by atoms with Crippen molar-refractivity contribution < 1.29 is 9.53 Å². The molecule has 5 heteroatoms. The third kappa shape index (κ3) is 2.91. The molecule has 0 bridgehead atoms. The maximum atomic E-state index is 11.6. The maximum absolute atomic E-state index is 11.6. The summed E-state index contributed by atoms with van der Waals surface area (Å²) >= 11 is 0. The van der Waals surface area contributed by atoms with Gasteiger partial charge in [-0.2, -0.15) is 0 Å². The van der Waals surface area contributed by atoms with Crippen LogP contribution in [-0.4, -0.2) is 30.6 Å². The van der Waals surface area contributed by atoms with E-state index in [0.29, 0.717) is 12.4 Å². The van der Waals surface area contributed by atoms with Gasteiger partial charge in [0.15, 0.2) is 0 Å². The molecule has 98 valence electrons. The third-order valence-electron chi connectivity index (χ3n) is 3.24. The zero-order chi connectivity index (χ0) is 13.0. The summed E-state index contributed by atoms with van der Waals surface area (Å²) in [4.78, 5) is 17.8. The highest BCUT2D eigenvalue weighted by Gasteiger charge is 2.26. The Morgan fingerprint density at radius 3 is 2.89 bits per heavy atom. The molecule has 1 aliphatic heterocycles. The minimum Gasteiger partial charge on any atom is -0.466 e. The zero-order valence-corrected chi connectivity index (χ0v) is 10.6. The molecule has 1 fully saturated rings. The summed E-state index contributed by atoms with van der Waals surface area (Å²) in [6.45, 7) is 4.01. The molecule has 0 aromatic carbocycles. The summed E-state index contributed by atoms with van der Waals surface area (Å²) in [7, 11) is 0. The van der Waals surface area contributed by atoms with Crippen molar-refractivity contribution in [2.75, 3.05) is 30.3 Å². The molecule has 2 heterocycles. The number of hydrogen-bond acceptors (Lipinski definition) is 5. The predicted molar refractivity (Wildman–Crippen MR) is 70.2 cm³/mol. The fourth-order valence-corrected chi connectivity index (χ4v) is 2.27. The molecule has 1 aliphatic rings. The molecule has 0 atom stereocenters. The monoisotopic (exact) mass is 249 g/mol. The predicted octanol–water partition coefficient (Wildman–Crippen LogP) is 1.44. The van der Waals surface area contributed by atoms with Crippen LogP contribution in [0.25, 0.3) is 0 Å². The lowest BCUT2D eigenvalue weighted by Gasteiger charge is -2.32. The molecular formula is C13H19N3O2. The van der Waals surface area contributed by atoms with Crippen LogP contribution in [0, 0.1) is 5.92 Å². The Kier molecular flexibility index (Phi) is 4.02. The smallest absolute Gasteiger partial charge is 0.309 e. The van der Waals surface area contributed by atoms with E-state index in [1.807, 2.05) is 19.1 Å². The number of piperidine rings is 1. The van der Waals surface area contributed by atoms with Crippen molar-refractivity contribution >= 4 is 17.5 Å². The van der Waals surface area contributed by atoms with Gasteiger partial charge in [0.1, 0.15) is 5.82 Å². The summed E-state index contributed by atoms with van der Waals surface area (Å²) < 4.78 is 5.05. The van der Waals surface area contributed by atoms with Crippen molar-refractivity contribution in [2.24, 2.45) is 5.92 Å². The largest absolute Gasteiger partial charge is 0.466 e. The van der Waals surface area contributed by atoms with Crippen LogP contribution >= 0.6 is 0 Å². The number of nitrogens with zero attached hydrogens (tertiary/aromatic N) is 2. The number of carbonyl (C=O) groups excluding carboxylic acids is 1. The first kappa shape index (κ1) is 12.7. The lowest BCUT2D eigenvalue weighted by Crippen LogP contribution is -2.37. The molecule has 1 saturated heterocycles. The number of aromatic nitrogens is 1. The van der Waals surface area contributed by atoms with Crippen LogP contribution < -0.4 is 10.6 Å². The SMILES string of the molecule is CCOC(=O)C1CCN(c2ccnc(N)c2)CC1. The molecule has 0 radical (unpaired) electrons. The van der Waals surface area contributed by atoms with Gasteiger partial charge >= 0.3 is 5.97 Å². The van der Waals surface area contributed by atoms with E-state index in [2.05, 4.69) is 9.88 Å². The number of pyridine rings is 1. The Morgan fingerprint density at radius 2 is 2.28 bits per heavy atom. The van der Waals surface area contributed by atoms with Crippen LogP contribution in [-0.2, 0) is 9.53 Å². The van der Waals surface area contributed by atoms with E-state index in [-0.39, 0.29) is 11.9 Å². The highest BCUT2D eigenvalue weighted by Crippen LogP contribution is 2.24. The lowest BCUT2D eigenvalue weighted by molar-refractivity contribution is -0.148. The number of nitrogen functional groups attached to an aromatic ring is 1. The van der Waals surface area contributed by atoms with Crippen molar-refractivity contribution in [3.63, 3.8) is 0 Å². The highest BCUT2D eigenvalue weighted by molar-refractivity contribution is 5.73. The van der Waals surface area contributed by atoms with Crippen molar-refractivity contribution in [1.29, 1.82) is 0 Å². The van der Waals surface area contributed by atoms with Gasteiger partial charge < -0.3 is 15.4 Å². The highest BCUT2D eigenvalue weighted by atomic mass is 16.5. The summed E-state index contributed by atoms with van der Waals surface area (Å²) in [6, 6.07) is 3.81. The number of rotatable bonds is 3. The van der Waals surface area contributed by atoms with E-state index in [1.54, 1.807) is 6.20 Å². The van der Waals surface area contributed by atoms with E-state index in [9.17, 15) is 4.79 Å². The zero-order valence-electron chi connectivity index (χ0n) is 10.6. The van der Waals surface area contributed by atoms with Crippen LogP contribution in [0.15, 0.2) is 18.3 Å². The molecule has 2 rings (SSSR count). The molecule has 0 amide bonds. The summed E-state index contributed by atoms with van der Waals surface area (Å²) in [6.07, 6.45) is 3.38. The number of hydrogen-bond donors (Lipinski definition) is 1. The Balaban J connectivity index is 1.92. The number of ether oxygens (including phenoxy) is 1. The minimum absolute atomic E-state index is 0.0420. The van der Waals surface area contributed by atoms with E-state index in [4.69, 9.17) is 10.5 Å². The molecular weight excluding hydrogens is 230 g/mol. The Hall–Kier alpha value is -1.78. The minimum atomic E-state index is -0.0635. The fourth-order valence-electron chi connectivity index (χ4n) is 2.27. The Labute approximate surface area is 107 Å². The van der Waals surface area contributed by atoms with Gasteiger partial charge in [-0.1, -0.05) is 0 Å². The van der Waals surface area contributed by atoms with Crippen LogP contribution in [0.1, 0.15) is 19.8 Å². The van der Waals surface area contributed by atoms with Gasteiger partial charge in [-0.25, -0.2) is 4.98 Å². The molecule has 0 aliphatic carbocycles. The first-order valence-electron chi connectivity index (χ1n) is 6.34. The Bertz CT molecular complexity index is 414. The molecule has 0 unspecified atom stereocenters. The second-order valence-corrected chi connectivity index (χ2v) is 4.45. The second kappa shape index (κ2) is 5.71. The first-order valence-corrected chi connectivity index (χ1v) is 6.34. The lowest BCUT2D eigenvalue weighted by atomic mass is 9.96. The maximum Gasteiger partial charge on any atom is 0.309 e. The normalized spacial score (nSPS) is 16.6. The van der Waals surface area contributed by atoms with Gasteiger partial charge in [-0.15, -0.1) is 0 Å². The van der Waals surface area contributed by atoms with E-state index >= 15 is 0 Å². The quantitative estimate of drug-likeness (QED) is 0.821. The van der Waals surface area contributed by atoms with Gasteiger partial charge in [0, 0.05) is 31.0 Å². The summed E-state index contributed by atoms with van der Waals surface area (Å²) in [5.74, 6) is 0.506. The standard InChI is InChI=1S/C13H19N3O2/c1-2-18-13(17)10-4-7-16(8-5-10)11-3-6-15-12(14)9-11/h3,6,9-10H,2,4-5,7-8H2,1H3,(H2,14,15). The van der Waals surface area contributed by atoms with Gasteiger partial charge in [0.05, 0.1) is 12.5 Å². The topological polar surface area (TPSA) is 68.5 Å². The average Bonchev–Trinajstić information content (AvgIpc) is 2.39. The van der Waals surface area contributed by atoms with Crippen LogP contribution in [0.4, 0.5) is 11.5 Å². The van der Waals surface area contributed by atoms with Crippen molar-refractivity contribution in [1.82, 2.24) is 4.98 Å². The average molecular weight is 249 g/mol. The molecule has 1 aromatic rings. The van der Waals surface area contributed by atoms with E-state index in [0.717, 1.165) is 31.6 Å². The second-order valence-electron chi connectivity index (χ2n) is 4.45. The summed E-state index contributed by atoms with van der Waals surface area (Å²) in [5, 5.41) is 0. The van der Waals surface area contributed by atoms with Crippen LogP contribution in [0.5, 0.6) is 0 Å². The molecule has 5 nitrogen and oxygen atoms in total. The fraction of sp³-hybridized carbons (Fsp3) is 0.538. The van der Waals surface area contributed by atoms with E-state index in [1.165, 1.54) is 0 Å². The van der Waals surface area contributed by atoms with Crippen LogP contribution in [0.2, 0.25) is 0 Å². The van der Waals surface area contributed by atoms with Crippen molar-refractivity contribution in [3.05, 3.63) is 18.3 Å². The first-order chi connectivity index (χ1) is 8.70.